The highest BCUT2D eigenvalue weighted by Crippen LogP contribution is 2.26. The lowest BCUT2D eigenvalue weighted by molar-refractivity contribution is -0.119. The van der Waals surface area contributed by atoms with E-state index in [9.17, 15) is 4.79 Å². The highest BCUT2D eigenvalue weighted by molar-refractivity contribution is 5.75. The number of carbonyl (C=O) groups is 1. The maximum Gasteiger partial charge on any atom is 0.231 e. The molecule has 0 aromatic heterocycles. The molecule has 2 fully saturated rings. The molecule has 0 bridgehead atoms. The summed E-state index contributed by atoms with van der Waals surface area (Å²) < 4.78 is 0. The molecule has 0 aromatic rings. The molecule has 1 saturated heterocycles. The van der Waals surface area contributed by atoms with Crippen LogP contribution in [0.2, 0.25) is 0 Å². The van der Waals surface area contributed by atoms with Gasteiger partial charge in [-0.2, -0.15) is 0 Å². The van der Waals surface area contributed by atoms with Gasteiger partial charge in [-0.05, 0) is 43.6 Å². The first-order valence-corrected chi connectivity index (χ1v) is 8.28. The SMILES string of the molecule is CC(C)C1CC(NCC2CCCC2)CN(CC(N)=O)C1. The summed E-state index contributed by atoms with van der Waals surface area (Å²) in [5.74, 6) is 2.01. The number of nitrogens with two attached hydrogens (primary N) is 1. The molecule has 1 amide bonds. The van der Waals surface area contributed by atoms with Crippen LogP contribution >= 0.6 is 0 Å². The monoisotopic (exact) mass is 281 g/mol. The first-order chi connectivity index (χ1) is 9.54. The van der Waals surface area contributed by atoms with E-state index >= 15 is 0 Å². The van der Waals surface area contributed by atoms with Crippen LogP contribution in [-0.2, 0) is 4.79 Å². The van der Waals surface area contributed by atoms with Gasteiger partial charge in [-0.15, -0.1) is 0 Å². The lowest BCUT2D eigenvalue weighted by Crippen LogP contribution is -2.52. The van der Waals surface area contributed by atoms with Crippen LogP contribution in [0.4, 0.5) is 0 Å². The van der Waals surface area contributed by atoms with Gasteiger partial charge in [-0.3, -0.25) is 9.69 Å². The van der Waals surface area contributed by atoms with E-state index in [1.807, 2.05) is 0 Å². The van der Waals surface area contributed by atoms with Crippen LogP contribution in [-0.4, -0.2) is 43.0 Å². The Morgan fingerprint density at radius 2 is 2.00 bits per heavy atom. The molecule has 2 unspecified atom stereocenters. The van der Waals surface area contributed by atoms with Gasteiger partial charge in [0.2, 0.25) is 5.91 Å². The molecule has 20 heavy (non-hydrogen) atoms. The van der Waals surface area contributed by atoms with E-state index in [2.05, 4.69) is 24.1 Å². The van der Waals surface area contributed by atoms with Crippen LogP contribution in [0.3, 0.4) is 0 Å². The van der Waals surface area contributed by atoms with Crippen molar-refractivity contribution in [1.82, 2.24) is 10.2 Å². The molecule has 2 rings (SSSR count). The lowest BCUT2D eigenvalue weighted by Gasteiger charge is -2.39. The molecule has 3 N–H and O–H groups in total. The quantitative estimate of drug-likeness (QED) is 0.777. The molecule has 4 heteroatoms. The third-order valence-corrected chi connectivity index (χ3v) is 5.05. The fourth-order valence-electron chi connectivity index (χ4n) is 3.76. The van der Waals surface area contributed by atoms with Gasteiger partial charge in [-0.1, -0.05) is 26.7 Å². The third kappa shape index (κ3) is 4.74. The number of primary amides is 1. The Labute approximate surface area is 123 Å². The molecule has 0 aromatic carbocycles. The molecule has 1 heterocycles. The smallest absolute Gasteiger partial charge is 0.231 e. The number of piperidine rings is 1. The normalized spacial score (nSPS) is 29.1. The van der Waals surface area contributed by atoms with Crippen LogP contribution in [0.1, 0.15) is 46.0 Å². The Bertz CT molecular complexity index is 313. The summed E-state index contributed by atoms with van der Waals surface area (Å²) in [5, 5.41) is 3.76. The van der Waals surface area contributed by atoms with Gasteiger partial charge in [0.1, 0.15) is 0 Å². The van der Waals surface area contributed by atoms with Crippen molar-refractivity contribution in [3.05, 3.63) is 0 Å². The highest BCUT2D eigenvalue weighted by Gasteiger charge is 2.29. The summed E-state index contributed by atoms with van der Waals surface area (Å²) in [6.45, 7) is 8.12. The molecule has 1 aliphatic carbocycles. The second-order valence-electron chi connectivity index (χ2n) is 7.16. The van der Waals surface area contributed by atoms with E-state index in [0.29, 0.717) is 24.4 Å². The Morgan fingerprint density at radius 3 is 2.60 bits per heavy atom. The summed E-state index contributed by atoms with van der Waals surface area (Å²) in [5.41, 5.74) is 5.36. The van der Waals surface area contributed by atoms with Crippen LogP contribution in [0.25, 0.3) is 0 Å². The highest BCUT2D eigenvalue weighted by atomic mass is 16.1. The molecular formula is C16H31N3O. The summed E-state index contributed by atoms with van der Waals surface area (Å²) in [7, 11) is 0. The van der Waals surface area contributed by atoms with Crippen LogP contribution in [0.15, 0.2) is 0 Å². The second kappa shape index (κ2) is 7.41. The van der Waals surface area contributed by atoms with Crippen molar-refractivity contribution in [3.63, 3.8) is 0 Å². The Morgan fingerprint density at radius 1 is 1.30 bits per heavy atom. The zero-order valence-electron chi connectivity index (χ0n) is 13.1. The topological polar surface area (TPSA) is 58.4 Å². The summed E-state index contributed by atoms with van der Waals surface area (Å²) in [4.78, 5) is 13.4. The fourth-order valence-corrected chi connectivity index (χ4v) is 3.76. The minimum absolute atomic E-state index is 0.205. The second-order valence-corrected chi connectivity index (χ2v) is 7.16. The summed E-state index contributed by atoms with van der Waals surface area (Å²) in [6, 6.07) is 0.524. The molecule has 4 nitrogen and oxygen atoms in total. The largest absolute Gasteiger partial charge is 0.369 e. The minimum Gasteiger partial charge on any atom is -0.369 e. The van der Waals surface area contributed by atoms with Gasteiger partial charge >= 0.3 is 0 Å². The Hall–Kier alpha value is -0.610. The maximum atomic E-state index is 11.2. The average molecular weight is 281 g/mol. The number of carbonyl (C=O) groups excluding carboxylic acids is 1. The van der Waals surface area contributed by atoms with E-state index in [1.165, 1.54) is 32.1 Å². The van der Waals surface area contributed by atoms with Gasteiger partial charge in [-0.25, -0.2) is 0 Å². The number of hydrogen-bond donors (Lipinski definition) is 2. The van der Waals surface area contributed by atoms with E-state index in [1.54, 1.807) is 0 Å². The predicted octanol–water partition coefficient (Wildman–Crippen LogP) is 1.60. The van der Waals surface area contributed by atoms with Gasteiger partial charge in [0.05, 0.1) is 6.54 Å². The summed E-state index contributed by atoms with van der Waals surface area (Å²) >= 11 is 0. The van der Waals surface area contributed by atoms with Crippen molar-refractivity contribution in [2.24, 2.45) is 23.5 Å². The van der Waals surface area contributed by atoms with Crippen molar-refractivity contribution in [3.8, 4) is 0 Å². The van der Waals surface area contributed by atoms with Gasteiger partial charge in [0.15, 0.2) is 0 Å². The average Bonchev–Trinajstić information content (AvgIpc) is 2.88. The molecular weight excluding hydrogens is 250 g/mol. The van der Waals surface area contributed by atoms with E-state index in [0.717, 1.165) is 25.6 Å². The molecule has 116 valence electrons. The summed E-state index contributed by atoms with van der Waals surface area (Å²) in [6.07, 6.45) is 6.81. The number of hydrogen-bond acceptors (Lipinski definition) is 3. The van der Waals surface area contributed by atoms with E-state index in [-0.39, 0.29) is 5.91 Å². The standard InChI is InChI=1S/C16H31N3O/c1-12(2)14-7-15(10-19(9-14)11-16(17)20)18-8-13-5-3-4-6-13/h12-15,18H,3-11H2,1-2H3,(H2,17,20). The molecule has 1 saturated carbocycles. The predicted molar refractivity (Wildman–Crippen MR) is 82.3 cm³/mol. The fraction of sp³-hybridized carbons (Fsp3) is 0.938. The van der Waals surface area contributed by atoms with Crippen molar-refractivity contribution < 1.29 is 4.79 Å². The third-order valence-electron chi connectivity index (χ3n) is 5.05. The van der Waals surface area contributed by atoms with Crippen molar-refractivity contribution in [2.45, 2.75) is 52.0 Å². The van der Waals surface area contributed by atoms with Gasteiger partial charge < -0.3 is 11.1 Å². The number of nitrogens with one attached hydrogen (secondary N) is 1. The Balaban J connectivity index is 1.83. The number of likely N-dealkylation sites (tertiary alicyclic amines) is 1. The molecule has 0 spiro atoms. The van der Waals surface area contributed by atoms with Crippen molar-refractivity contribution in [2.75, 3.05) is 26.2 Å². The van der Waals surface area contributed by atoms with Crippen molar-refractivity contribution >= 4 is 5.91 Å². The lowest BCUT2D eigenvalue weighted by atomic mass is 9.85. The number of amides is 1. The zero-order chi connectivity index (χ0) is 14.5. The van der Waals surface area contributed by atoms with Gasteiger partial charge in [0, 0.05) is 19.1 Å². The first kappa shape index (κ1) is 15.8. The molecule has 2 aliphatic rings. The van der Waals surface area contributed by atoms with Crippen LogP contribution < -0.4 is 11.1 Å². The number of nitrogens with zero attached hydrogens (tertiary/aromatic N) is 1. The minimum atomic E-state index is -0.205. The number of rotatable bonds is 6. The van der Waals surface area contributed by atoms with Crippen molar-refractivity contribution in [1.29, 1.82) is 0 Å². The molecule has 0 radical (unpaired) electrons. The van der Waals surface area contributed by atoms with Gasteiger partial charge in [0.25, 0.3) is 0 Å². The first-order valence-electron chi connectivity index (χ1n) is 8.28. The van der Waals surface area contributed by atoms with Crippen LogP contribution in [0, 0.1) is 17.8 Å². The maximum absolute atomic E-state index is 11.2. The molecule has 2 atom stereocenters. The molecule has 1 aliphatic heterocycles. The zero-order valence-corrected chi connectivity index (χ0v) is 13.1. The van der Waals surface area contributed by atoms with Crippen LogP contribution in [0.5, 0.6) is 0 Å². The Kier molecular flexibility index (Phi) is 5.85. The van der Waals surface area contributed by atoms with E-state index in [4.69, 9.17) is 5.73 Å². The van der Waals surface area contributed by atoms with E-state index < -0.39 is 0 Å².